The quantitative estimate of drug-likeness (QED) is 0.612. The summed E-state index contributed by atoms with van der Waals surface area (Å²) in [6, 6.07) is 3.48. The summed E-state index contributed by atoms with van der Waals surface area (Å²) >= 11 is 3.27. The molecular formula is C11H15BrN2O2. The van der Waals surface area contributed by atoms with Gasteiger partial charge in [-0.3, -0.25) is 9.78 Å². The fraction of sp³-hybridized carbons (Fsp3) is 0.455. The molecule has 0 aliphatic carbocycles. The molecule has 0 radical (unpaired) electrons. The molecule has 0 unspecified atom stereocenters. The number of hydrogen-bond acceptors (Lipinski definition) is 3. The lowest BCUT2D eigenvalue weighted by Gasteiger charge is -2.05. The monoisotopic (exact) mass is 286 g/mol. The highest BCUT2D eigenvalue weighted by atomic mass is 79.9. The highest BCUT2D eigenvalue weighted by molar-refractivity contribution is 9.09. The molecule has 4 nitrogen and oxygen atoms in total. The van der Waals surface area contributed by atoms with Crippen LogP contribution >= 0.6 is 15.9 Å². The molecule has 1 rings (SSSR count). The molecule has 0 bridgehead atoms. The zero-order valence-electron chi connectivity index (χ0n) is 8.99. The van der Waals surface area contributed by atoms with Crippen LogP contribution in [-0.4, -0.2) is 36.0 Å². The standard InChI is InChI=1S/C11H15BrN2O2/c12-4-8-16-7-2-6-14-11(15)10-3-1-5-13-9-10/h1,3,5,9H,2,4,6-8H2,(H,14,15). The third-order valence-electron chi connectivity index (χ3n) is 1.90. The molecule has 1 aromatic heterocycles. The Hall–Kier alpha value is -0.940. The number of halogens is 1. The van der Waals surface area contributed by atoms with Crippen LogP contribution in [0.2, 0.25) is 0 Å². The van der Waals surface area contributed by atoms with Gasteiger partial charge in [-0.1, -0.05) is 15.9 Å². The van der Waals surface area contributed by atoms with Crippen LogP contribution < -0.4 is 5.32 Å². The van der Waals surface area contributed by atoms with Crippen molar-refractivity contribution in [3.8, 4) is 0 Å². The van der Waals surface area contributed by atoms with E-state index >= 15 is 0 Å². The molecule has 0 fully saturated rings. The van der Waals surface area contributed by atoms with Gasteiger partial charge in [-0.15, -0.1) is 0 Å². The topological polar surface area (TPSA) is 51.2 Å². The zero-order valence-corrected chi connectivity index (χ0v) is 10.6. The second-order valence-corrected chi connectivity index (χ2v) is 3.95. The lowest BCUT2D eigenvalue weighted by atomic mass is 10.2. The van der Waals surface area contributed by atoms with Gasteiger partial charge in [-0.05, 0) is 18.6 Å². The number of amides is 1. The van der Waals surface area contributed by atoms with Gasteiger partial charge in [0.15, 0.2) is 0 Å². The van der Waals surface area contributed by atoms with Gasteiger partial charge in [0, 0.05) is 30.9 Å². The normalized spacial score (nSPS) is 10.1. The van der Waals surface area contributed by atoms with E-state index in [9.17, 15) is 4.79 Å². The smallest absolute Gasteiger partial charge is 0.252 e. The Balaban J connectivity index is 2.12. The summed E-state index contributed by atoms with van der Waals surface area (Å²) in [6.07, 6.45) is 4.01. The SMILES string of the molecule is O=C(NCCCOCCBr)c1cccnc1. The predicted molar refractivity (Wildman–Crippen MR) is 65.8 cm³/mol. The molecule has 0 aliphatic rings. The summed E-state index contributed by atoms with van der Waals surface area (Å²) in [4.78, 5) is 15.4. The van der Waals surface area contributed by atoms with Gasteiger partial charge in [0.05, 0.1) is 12.2 Å². The molecule has 5 heteroatoms. The maximum absolute atomic E-state index is 11.5. The Kier molecular flexibility index (Phi) is 6.76. The van der Waals surface area contributed by atoms with Crippen molar-refractivity contribution < 1.29 is 9.53 Å². The summed E-state index contributed by atoms with van der Waals surface area (Å²) in [5, 5.41) is 3.65. The zero-order chi connectivity index (χ0) is 11.6. The molecular weight excluding hydrogens is 272 g/mol. The minimum Gasteiger partial charge on any atom is -0.381 e. The molecule has 1 aromatic rings. The van der Waals surface area contributed by atoms with E-state index in [1.807, 2.05) is 0 Å². The van der Waals surface area contributed by atoms with Crippen LogP contribution in [0, 0.1) is 0 Å². The van der Waals surface area contributed by atoms with Crippen LogP contribution in [-0.2, 0) is 4.74 Å². The molecule has 1 heterocycles. The van der Waals surface area contributed by atoms with E-state index in [2.05, 4.69) is 26.2 Å². The summed E-state index contributed by atoms with van der Waals surface area (Å²) in [7, 11) is 0. The molecule has 0 atom stereocenters. The average Bonchev–Trinajstić information content (AvgIpc) is 2.34. The van der Waals surface area contributed by atoms with Gasteiger partial charge in [0.1, 0.15) is 0 Å². The van der Waals surface area contributed by atoms with E-state index in [0.29, 0.717) is 25.3 Å². The third kappa shape index (κ3) is 5.23. The van der Waals surface area contributed by atoms with Crippen molar-refractivity contribution in [3.63, 3.8) is 0 Å². The van der Waals surface area contributed by atoms with Crippen molar-refractivity contribution in [1.29, 1.82) is 0 Å². The lowest BCUT2D eigenvalue weighted by Crippen LogP contribution is -2.25. The van der Waals surface area contributed by atoms with Gasteiger partial charge >= 0.3 is 0 Å². The Bertz CT molecular complexity index is 306. The number of nitrogens with one attached hydrogen (secondary N) is 1. The third-order valence-corrected chi connectivity index (χ3v) is 2.22. The number of carbonyl (C=O) groups excluding carboxylic acids is 1. The van der Waals surface area contributed by atoms with Crippen molar-refractivity contribution in [2.45, 2.75) is 6.42 Å². The summed E-state index contributed by atoms with van der Waals surface area (Å²) < 4.78 is 5.26. The van der Waals surface area contributed by atoms with E-state index in [4.69, 9.17) is 4.74 Å². The van der Waals surface area contributed by atoms with Gasteiger partial charge in [0.2, 0.25) is 0 Å². The van der Waals surface area contributed by atoms with Crippen molar-refractivity contribution in [3.05, 3.63) is 30.1 Å². The summed E-state index contributed by atoms with van der Waals surface area (Å²) in [5.41, 5.74) is 0.587. The van der Waals surface area contributed by atoms with Crippen molar-refractivity contribution in [1.82, 2.24) is 10.3 Å². The highest BCUT2D eigenvalue weighted by Crippen LogP contribution is 1.94. The van der Waals surface area contributed by atoms with Gasteiger partial charge < -0.3 is 10.1 Å². The molecule has 0 aliphatic heterocycles. The van der Waals surface area contributed by atoms with Gasteiger partial charge in [-0.25, -0.2) is 0 Å². The fourth-order valence-electron chi connectivity index (χ4n) is 1.13. The van der Waals surface area contributed by atoms with Crippen LogP contribution in [0.3, 0.4) is 0 Å². The minimum atomic E-state index is -0.0893. The maximum Gasteiger partial charge on any atom is 0.252 e. The number of hydrogen-bond donors (Lipinski definition) is 1. The Labute approximate surface area is 104 Å². The Morgan fingerprint density at radius 1 is 1.50 bits per heavy atom. The van der Waals surface area contributed by atoms with Gasteiger partial charge in [-0.2, -0.15) is 0 Å². The molecule has 16 heavy (non-hydrogen) atoms. The van der Waals surface area contributed by atoms with Crippen LogP contribution in [0.15, 0.2) is 24.5 Å². The van der Waals surface area contributed by atoms with E-state index in [0.717, 1.165) is 11.8 Å². The lowest BCUT2D eigenvalue weighted by molar-refractivity contribution is 0.0944. The van der Waals surface area contributed by atoms with E-state index in [-0.39, 0.29) is 5.91 Å². The van der Waals surface area contributed by atoms with Crippen LogP contribution in [0.4, 0.5) is 0 Å². The first kappa shape index (κ1) is 13.1. The first-order valence-corrected chi connectivity index (χ1v) is 6.28. The number of nitrogens with zero attached hydrogens (tertiary/aromatic N) is 1. The molecule has 1 N–H and O–H groups in total. The van der Waals surface area contributed by atoms with Gasteiger partial charge in [0.25, 0.3) is 5.91 Å². The van der Waals surface area contributed by atoms with E-state index in [1.54, 1.807) is 24.5 Å². The maximum atomic E-state index is 11.5. The molecule has 88 valence electrons. The van der Waals surface area contributed by atoms with E-state index in [1.165, 1.54) is 0 Å². The number of aromatic nitrogens is 1. The van der Waals surface area contributed by atoms with Crippen LogP contribution in [0.5, 0.6) is 0 Å². The van der Waals surface area contributed by atoms with Crippen LogP contribution in [0.1, 0.15) is 16.8 Å². The molecule has 0 aromatic carbocycles. The van der Waals surface area contributed by atoms with Crippen LogP contribution in [0.25, 0.3) is 0 Å². The molecule has 0 spiro atoms. The highest BCUT2D eigenvalue weighted by Gasteiger charge is 2.02. The second-order valence-electron chi connectivity index (χ2n) is 3.15. The number of alkyl halides is 1. The summed E-state index contributed by atoms with van der Waals surface area (Å²) in [5.74, 6) is -0.0893. The number of carbonyl (C=O) groups is 1. The molecule has 1 amide bonds. The minimum absolute atomic E-state index is 0.0893. The molecule has 0 saturated heterocycles. The van der Waals surface area contributed by atoms with E-state index < -0.39 is 0 Å². The number of rotatable bonds is 7. The fourth-order valence-corrected chi connectivity index (χ4v) is 1.36. The largest absolute Gasteiger partial charge is 0.381 e. The first-order valence-electron chi connectivity index (χ1n) is 5.16. The predicted octanol–water partition coefficient (Wildman–Crippen LogP) is 1.61. The number of ether oxygens (including phenoxy) is 1. The average molecular weight is 287 g/mol. The second kappa shape index (κ2) is 8.24. The van der Waals surface area contributed by atoms with Crippen molar-refractivity contribution in [2.75, 3.05) is 25.1 Å². The Morgan fingerprint density at radius 3 is 3.06 bits per heavy atom. The van der Waals surface area contributed by atoms with Crippen molar-refractivity contribution in [2.24, 2.45) is 0 Å². The Morgan fingerprint density at radius 2 is 2.38 bits per heavy atom. The summed E-state index contributed by atoms with van der Waals surface area (Å²) in [6.45, 7) is 1.99. The number of pyridine rings is 1. The first-order chi connectivity index (χ1) is 7.84. The molecule has 0 saturated carbocycles. The van der Waals surface area contributed by atoms with Crippen molar-refractivity contribution >= 4 is 21.8 Å².